The lowest BCUT2D eigenvalue weighted by Gasteiger charge is -2.32. The first kappa shape index (κ1) is 19.2. The molecule has 0 radical (unpaired) electrons. The van der Waals surface area contributed by atoms with Gasteiger partial charge in [0.25, 0.3) is 11.6 Å². The number of rotatable bonds is 4. The van der Waals surface area contributed by atoms with Crippen LogP contribution in [-0.4, -0.2) is 23.9 Å². The summed E-state index contributed by atoms with van der Waals surface area (Å²) in [5.74, 6) is 0.306. The second-order valence-electron chi connectivity index (χ2n) is 7.07. The molecule has 1 fully saturated rings. The van der Waals surface area contributed by atoms with Gasteiger partial charge in [-0.1, -0.05) is 36.2 Å². The molecule has 0 spiro atoms. The molecule has 1 amide bonds. The summed E-state index contributed by atoms with van der Waals surface area (Å²) in [6.45, 7) is 5.58. The standard InChI is InChI=1S/C20H22ClN3O3/c1-13-6-8-23(9-7-13)18-12-17(16(21)11-19(18)24(26)27)22-20(25)15-5-3-4-14(2)10-15/h3-5,10-13H,6-9H2,1-2H3,(H,22,25). The fraction of sp³-hybridized carbons (Fsp3) is 0.350. The highest BCUT2D eigenvalue weighted by molar-refractivity contribution is 6.34. The zero-order valence-corrected chi connectivity index (χ0v) is 16.1. The van der Waals surface area contributed by atoms with Crippen molar-refractivity contribution in [2.45, 2.75) is 26.7 Å². The van der Waals surface area contributed by atoms with Gasteiger partial charge in [-0.25, -0.2) is 0 Å². The van der Waals surface area contributed by atoms with E-state index in [1.165, 1.54) is 6.07 Å². The third-order valence-corrected chi connectivity index (χ3v) is 5.23. The minimum Gasteiger partial charge on any atom is -0.366 e. The van der Waals surface area contributed by atoms with Crippen molar-refractivity contribution in [1.29, 1.82) is 0 Å². The summed E-state index contributed by atoms with van der Waals surface area (Å²) in [5.41, 5.74) is 2.32. The van der Waals surface area contributed by atoms with E-state index in [0.717, 1.165) is 31.5 Å². The molecule has 0 saturated carbocycles. The number of carbonyl (C=O) groups is 1. The van der Waals surface area contributed by atoms with Crippen LogP contribution in [0.4, 0.5) is 17.1 Å². The van der Waals surface area contributed by atoms with Gasteiger partial charge in [-0.2, -0.15) is 0 Å². The Labute approximate surface area is 163 Å². The monoisotopic (exact) mass is 387 g/mol. The Hall–Kier alpha value is -2.60. The van der Waals surface area contributed by atoms with Gasteiger partial charge in [0.2, 0.25) is 0 Å². The van der Waals surface area contributed by atoms with E-state index in [0.29, 0.717) is 22.9 Å². The first-order chi connectivity index (χ1) is 12.8. The summed E-state index contributed by atoms with van der Waals surface area (Å²) in [6.07, 6.45) is 1.95. The number of carbonyl (C=O) groups excluding carboxylic acids is 1. The van der Waals surface area contributed by atoms with Crippen molar-refractivity contribution in [2.75, 3.05) is 23.3 Å². The van der Waals surface area contributed by atoms with E-state index in [9.17, 15) is 14.9 Å². The molecule has 0 aromatic heterocycles. The predicted molar refractivity (Wildman–Crippen MR) is 108 cm³/mol. The van der Waals surface area contributed by atoms with Gasteiger partial charge in [-0.15, -0.1) is 0 Å². The van der Waals surface area contributed by atoms with Crippen LogP contribution in [0.25, 0.3) is 0 Å². The van der Waals surface area contributed by atoms with Crippen molar-refractivity contribution < 1.29 is 9.72 Å². The minimum absolute atomic E-state index is 0.0388. The fourth-order valence-electron chi connectivity index (χ4n) is 3.28. The summed E-state index contributed by atoms with van der Waals surface area (Å²) in [6, 6.07) is 10.1. The lowest BCUT2D eigenvalue weighted by atomic mass is 9.98. The highest BCUT2D eigenvalue weighted by Crippen LogP contribution is 2.38. The van der Waals surface area contributed by atoms with Gasteiger partial charge in [-0.3, -0.25) is 14.9 Å². The second kappa shape index (κ2) is 7.96. The van der Waals surface area contributed by atoms with Gasteiger partial charge in [0.15, 0.2) is 0 Å². The number of anilines is 2. The van der Waals surface area contributed by atoms with Crippen LogP contribution in [-0.2, 0) is 0 Å². The van der Waals surface area contributed by atoms with E-state index in [2.05, 4.69) is 12.2 Å². The van der Waals surface area contributed by atoms with Crippen molar-refractivity contribution in [3.63, 3.8) is 0 Å². The van der Waals surface area contributed by atoms with Crippen molar-refractivity contribution in [3.8, 4) is 0 Å². The maximum atomic E-state index is 12.6. The minimum atomic E-state index is -0.425. The summed E-state index contributed by atoms with van der Waals surface area (Å²) in [5, 5.41) is 14.4. The summed E-state index contributed by atoms with van der Waals surface area (Å²) < 4.78 is 0. The number of halogens is 1. The molecule has 1 aliphatic rings. The molecule has 1 saturated heterocycles. The molecule has 2 aromatic carbocycles. The average Bonchev–Trinajstić information content (AvgIpc) is 2.63. The molecular weight excluding hydrogens is 366 g/mol. The third-order valence-electron chi connectivity index (χ3n) is 4.91. The zero-order valence-electron chi connectivity index (χ0n) is 15.4. The quantitative estimate of drug-likeness (QED) is 0.588. The molecular formula is C20H22ClN3O3. The number of aryl methyl sites for hydroxylation is 1. The van der Waals surface area contributed by atoms with E-state index < -0.39 is 4.92 Å². The maximum Gasteiger partial charge on any atom is 0.294 e. The molecule has 2 aromatic rings. The number of hydrogen-bond acceptors (Lipinski definition) is 4. The first-order valence-electron chi connectivity index (χ1n) is 8.96. The summed E-state index contributed by atoms with van der Waals surface area (Å²) in [7, 11) is 0. The summed E-state index contributed by atoms with van der Waals surface area (Å²) >= 11 is 6.23. The molecule has 0 bridgehead atoms. The lowest BCUT2D eigenvalue weighted by Crippen LogP contribution is -2.33. The van der Waals surface area contributed by atoms with E-state index in [1.807, 2.05) is 24.0 Å². The topological polar surface area (TPSA) is 75.5 Å². The number of benzene rings is 2. The molecule has 0 atom stereocenters. The van der Waals surface area contributed by atoms with Crippen LogP contribution in [0, 0.1) is 23.0 Å². The van der Waals surface area contributed by atoms with E-state index >= 15 is 0 Å². The van der Waals surface area contributed by atoms with Crippen LogP contribution in [0.5, 0.6) is 0 Å². The van der Waals surface area contributed by atoms with Crippen molar-refractivity contribution in [1.82, 2.24) is 0 Å². The molecule has 1 N–H and O–H groups in total. The van der Waals surface area contributed by atoms with Crippen LogP contribution in [0.3, 0.4) is 0 Å². The number of nitro groups is 1. The Bertz CT molecular complexity index is 877. The fourth-order valence-corrected chi connectivity index (χ4v) is 3.48. The predicted octanol–water partition coefficient (Wildman–Crippen LogP) is 5.05. The normalized spacial score (nSPS) is 14.9. The zero-order chi connectivity index (χ0) is 19.6. The number of nitrogens with zero attached hydrogens (tertiary/aromatic N) is 2. The average molecular weight is 388 g/mol. The van der Waals surface area contributed by atoms with Crippen molar-refractivity contribution in [2.24, 2.45) is 5.92 Å². The molecule has 6 nitrogen and oxygen atoms in total. The smallest absolute Gasteiger partial charge is 0.294 e. The van der Waals surface area contributed by atoms with Gasteiger partial charge < -0.3 is 10.2 Å². The molecule has 3 rings (SSSR count). The Balaban J connectivity index is 1.92. The molecule has 1 aliphatic heterocycles. The van der Waals surface area contributed by atoms with Gasteiger partial charge in [0.1, 0.15) is 5.69 Å². The number of nitrogens with one attached hydrogen (secondary N) is 1. The van der Waals surface area contributed by atoms with Gasteiger partial charge in [0.05, 0.1) is 15.6 Å². The van der Waals surface area contributed by atoms with E-state index in [1.54, 1.807) is 18.2 Å². The Morgan fingerprint density at radius 3 is 2.59 bits per heavy atom. The molecule has 27 heavy (non-hydrogen) atoms. The highest BCUT2D eigenvalue weighted by Gasteiger charge is 2.25. The number of hydrogen-bond donors (Lipinski definition) is 1. The van der Waals surface area contributed by atoms with Crippen LogP contribution in [0.2, 0.25) is 5.02 Å². The van der Waals surface area contributed by atoms with Crippen molar-refractivity contribution >= 4 is 34.6 Å². The first-order valence-corrected chi connectivity index (χ1v) is 9.34. The Kier molecular flexibility index (Phi) is 5.65. The third kappa shape index (κ3) is 4.39. The van der Waals surface area contributed by atoms with Crippen LogP contribution < -0.4 is 10.2 Å². The molecule has 0 aliphatic carbocycles. The SMILES string of the molecule is Cc1cccc(C(=O)Nc2cc(N3CCC(C)CC3)c([N+](=O)[O-])cc2Cl)c1. The highest BCUT2D eigenvalue weighted by atomic mass is 35.5. The largest absolute Gasteiger partial charge is 0.366 e. The number of piperidine rings is 1. The molecule has 7 heteroatoms. The molecule has 142 valence electrons. The second-order valence-corrected chi connectivity index (χ2v) is 7.48. The van der Waals surface area contributed by atoms with E-state index in [-0.39, 0.29) is 16.6 Å². The van der Waals surface area contributed by atoms with Crippen molar-refractivity contribution in [3.05, 3.63) is 62.7 Å². The van der Waals surface area contributed by atoms with Crippen LogP contribution in [0.15, 0.2) is 36.4 Å². The Morgan fingerprint density at radius 2 is 1.96 bits per heavy atom. The van der Waals surface area contributed by atoms with Crippen LogP contribution >= 0.6 is 11.6 Å². The van der Waals surface area contributed by atoms with Gasteiger partial charge in [0, 0.05) is 24.7 Å². The number of nitro benzene ring substituents is 1. The summed E-state index contributed by atoms with van der Waals surface area (Å²) in [4.78, 5) is 25.6. The lowest BCUT2D eigenvalue weighted by molar-refractivity contribution is -0.384. The van der Waals surface area contributed by atoms with E-state index in [4.69, 9.17) is 11.6 Å². The number of amides is 1. The van der Waals surface area contributed by atoms with Gasteiger partial charge in [-0.05, 0) is 43.9 Å². The van der Waals surface area contributed by atoms with Gasteiger partial charge >= 0.3 is 0 Å². The maximum absolute atomic E-state index is 12.6. The Morgan fingerprint density at radius 1 is 1.26 bits per heavy atom. The van der Waals surface area contributed by atoms with Crippen LogP contribution in [0.1, 0.15) is 35.7 Å². The molecule has 0 unspecified atom stereocenters. The molecule has 1 heterocycles.